The maximum Gasteiger partial charge on any atom is 0.251 e. The van der Waals surface area contributed by atoms with Gasteiger partial charge in [0.15, 0.2) is 0 Å². The van der Waals surface area contributed by atoms with Gasteiger partial charge in [-0.2, -0.15) is 0 Å². The zero-order chi connectivity index (χ0) is 48.1. The summed E-state index contributed by atoms with van der Waals surface area (Å²) in [5, 5.41) is 11.6. The van der Waals surface area contributed by atoms with Crippen molar-refractivity contribution in [3.05, 3.63) is 88.8 Å². The minimum absolute atomic E-state index is 0.0625. The van der Waals surface area contributed by atoms with Gasteiger partial charge in [0.1, 0.15) is 17.8 Å². The Hall–Kier alpha value is -5.05. The molecule has 4 aromatic rings. The number of nitrogens with two attached hydrogens (primary N) is 1. The molecule has 4 heterocycles. The molecule has 14 nitrogen and oxygen atoms in total. The summed E-state index contributed by atoms with van der Waals surface area (Å²) >= 11 is 6.29. The minimum atomic E-state index is -1.02. The quantitative estimate of drug-likeness (QED) is 0.0629. The van der Waals surface area contributed by atoms with Gasteiger partial charge in [-0.15, -0.1) is 0 Å². The largest absolute Gasteiger partial charge is 0.381 e. The molecule has 6 aliphatic carbocycles. The number of likely N-dealkylation sites (tertiary alicyclic amines) is 1. The lowest BCUT2D eigenvalue weighted by Crippen LogP contribution is -2.62. The second-order valence-corrected chi connectivity index (χ2v) is 22.8. The van der Waals surface area contributed by atoms with Crippen LogP contribution in [-0.2, 0) is 24.7 Å². The normalized spacial score (nSPS) is 29.9. The Morgan fingerprint density at radius 2 is 1.66 bits per heavy atom. The molecule has 0 spiro atoms. The molecule has 6 saturated carbocycles. The van der Waals surface area contributed by atoms with Crippen LogP contribution in [0.5, 0.6) is 0 Å². The average molecular weight is 973 g/mol. The van der Waals surface area contributed by atoms with Crippen molar-refractivity contribution in [3.8, 4) is 0 Å². The van der Waals surface area contributed by atoms with Gasteiger partial charge in [-0.25, -0.2) is 9.97 Å². The molecular formula is C55H70ClN9O5. The molecule has 8 fully saturated rings. The first-order chi connectivity index (χ1) is 34.0. The van der Waals surface area contributed by atoms with E-state index in [4.69, 9.17) is 22.1 Å². The molecule has 4 unspecified atom stereocenters. The van der Waals surface area contributed by atoms with Crippen LogP contribution in [-0.4, -0.2) is 101 Å². The van der Waals surface area contributed by atoms with Crippen molar-refractivity contribution in [2.24, 2.45) is 34.3 Å². The Balaban J connectivity index is 0.634. The van der Waals surface area contributed by atoms with E-state index in [1.54, 1.807) is 6.33 Å². The topological polar surface area (TPSA) is 188 Å². The van der Waals surface area contributed by atoms with Crippen LogP contribution >= 0.6 is 11.6 Å². The summed E-state index contributed by atoms with van der Waals surface area (Å²) < 4.78 is 6.26. The molecule has 2 bridgehead atoms. The van der Waals surface area contributed by atoms with Crippen LogP contribution in [0.2, 0.25) is 5.02 Å². The van der Waals surface area contributed by atoms with Gasteiger partial charge in [0, 0.05) is 74.0 Å². The third-order valence-electron chi connectivity index (χ3n) is 18.0. The van der Waals surface area contributed by atoms with Crippen molar-refractivity contribution < 1.29 is 23.9 Å². The molecule has 2 aromatic heterocycles. The summed E-state index contributed by atoms with van der Waals surface area (Å²) in [6.45, 7) is 4.45. The zero-order valence-electron chi connectivity index (χ0n) is 40.5. The third-order valence-corrected chi connectivity index (χ3v) is 18.2. The first-order valence-corrected chi connectivity index (χ1v) is 26.8. The molecule has 15 heteroatoms. The standard InChI is InChI=1S/C55H70ClN9O5/c56-43-16-14-41(15-17-43)55(63-49(67)53(57)19-24-64(25-20-53)47-44-18-22-58-46(44)60-35-61-47)31-42(55)34-70-26-6-2-5-21-59-50(68)54(40-12-3-1-4-13-40)32-45(54)62-48(66)38-10-7-9-37(27-38)39-11-8-23-65(33-39)51(69)52-28-36(29-52)30-52/h7,9-10,14-18,22,27,35-36,39-40,42,45H,1-6,8,11-13,19-21,23-26,28-34,57H2,(H,59,68)(H,62,66)(H,63,67)(H,58,60,61)/t36?,39?,42-,45?,52?,54?,55?/m0/s1. The number of rotatable bonds is 18. The maximum absolute atomic E-state index is 14.1. The Bertz CT molecular complexity index is 2570. The smallest absolute Gasteiger partial charge is 0.251 e. The number of anilines is 1. The number of nitrogens with zero attached hydrogens (tertiary/aromatic N) is 4. The summed E-state index contributed by atoms with van der Waals surface area (Å²) in [5.41, 5.74) is 8.21. The highest BCUT2D eigenvalue weighted by atomic mass is 35.5. The van der Waals surface area contributed by atoms with Gasteiger partial charge in [0.2, 0.25) is 17.7 Å². The van der Waals surface area contributed by atoms with Crippen LogP contribution < -0.4 is 26.6 Å². The highest BCUT2D eigenvalue weighted by molar-refractivity contribution is 6.30. The molecule has 5 atom stereocenters. The second-order valence-electron chi connectivity index (χ2n) is 22.4. The van der Waals surface area contributed by atoms with E-state index < -0.39 is 16.5 Å². The van der Waals surface area contributed by atoms with E-state index in [2.05, 4.69) is 46.8 Å². The van der Waals surface area contributed by atoms with E-state index in [1.807, 2.05) is 54.7 Å². The number of aromatic nitrogens is 3. The van der Waals surface area contributed by atoms with E-state index in [0.717, 1.165) is 130 Å². The molecule has 8 aliphatic rings. The van der Waals surface area contributed by atoms with Crippen molar-refractivity contribution in [1.29, 1.82) is 0 Å². The Morgan fingerprint density at radius 1 is 0.857 bits per heavy atom. The van der Waals surface area contributed by atoms with Crippen molar-refractivity contribution >= 4 is 52.1 Å². The Labute approximate surface area is 416 Å². The fourth-order valence-electron chi connectivity index (χ4n) is 13.4. The lowest BCUT2D eigenvalue weighted by Gasteiger charge is -2.61. The SMILES string of the molecule is NC1(C(=O)NC2(c3ccc(Cl)cc3)C[C@H]2COCCCCCNC(=O)C2(C3CCCCC3)CC2NC(=O)c2cccc(C3CCCN(C(=O)C45CC(C4)C5)C3)c2)CCN(c2ncnc3[nH]ccc23)CC1. The fourth-order valence-corrected chi connectivity index (χ4v) is 13.5. The minimum Gasteiger partial charge on any atom is -0.381 e. The van der Waals surface area contributed by atoms with Crippen LogP contribution in [0.4, 0.5) is 5.82 Å². The fraction of sp³-hybridized carbons (Fsp3) is 0.600. The zero-order valence-corrected chi connectivity index (χ0v) is 41.2. The van der Waals surface area contributed by atoms with Crippen LogP contribution in [0.15, 0.2) is 67.1 Å². The molecule has 6 N–H and O–H groups in total. The van der Waals surface area contributed by atoms with Crippen molar-refractivity contribution in [1.82, 2.24) is 35.8 Å². The molecule has 2 saturated heterocycles. The monoisotopic (exact) mass is 972 g/mol. The van der Waals surface area contributed by atoms with E-state index in [1.165, 1.54) is 6.42 Å². The van der Waals surface area contributed by atoms with E-state index in [0.29, 0.717) is 68.6 Å². The van der Waals surface area contributed by atoms with Gasteiger partial charge in [-0.05, 0) is 143 Å². The number of amides is 4. The Kier molecular flexibility index (Phi) is 13.0. The molecule has 70 heavy (non-hydrogen) atoms. The van der Waals surface area contributed by atoms with Gasteiger partial charge in [-0.1, -0.05) is 55.1 Å². The van der Waals surface area contributed by atoms with Gasteiger partial charge in [0.25, 0.3) is 5.91 Å². The number of carbonyl (C=O) groups excluding carboxylic acids is 4. The van der Waals surface area contributed by atoms with E-state index in [-0.39, 0.29) is 46.9 Å². The number of halogens is 1. The predicted octanol–water partition coefficient (Wildman–Crippen LogP) is 7.52. The van der Waals surface area contributed by atoms with Gasteiger partial charge >= 0.3 is 0 Å². The Morgan fingerprint density at radius 3 is 2.43 bits per heavy atom. The van der Waals surface area contributed by atoms with Crippen molar-refractivity contribution in [2.45, 2.75) is 132 Å². The number of piperidine rings is 2. The van der Waals surface area contributed by atoms with Crippen molar-refractivity contribution in [3.63, 3.8) is 0 Å². The van der Waals surface area contributed by atoms with Crippen LogP contribution in [0.25, 0.3) is 11.0 Å². The van der Waals surface area contributed by atoms with Gasteiger partial charge in [0.05, 0.1) is 33.9 Å². The first kappa shape index (κ1) is 47.3. The van der Waals surface area contributed by atoms with E-state index in [9.17, 15) is 19.2 Å². The van der Waals surface area contributed by atoms with E-state index >= 15 is 0 Å². The van der Waals surface area contributed by atoms with Crippen LogP contribution in [0, 0.1) is 28.6 Å². The molecule has 4 amide bonds. The van der Waals surface area contributed by atoms with Gasteiger partial charge in [-0.3, -0.25) is 19.2 Å². The number of carbonyl (C=O) groups is 4. The molecule has 12 rings (SSSR count). The number of unbranched alkanes of at least 4 members (excludes halogenated alkanes) is 2. The number of hydrogen-bond donors (Lipinski definition) is 5. The highest BCUT2D eigenvalue weighted by Crippen LogP contribution is 2.65. The van der Waals surface area contributed by atoms with Crippen LogP contribution in [0.3, 0.4) is 0 Å². The molecule has 2 aromatic carbocycles. The number of fused-ring (bicyclic) bond motifs is 1. The summed E-state index contributed by atoms with van der Waals surface area (Å²) in [6, 6.07) is 17.5. The lowest BCUT2D eigenvalue weighted by atomic mass is 9.44. The summed E-state index contributed by atoms with van der Waals surface area (Å²) in [5.74, 6) is 2.38. The number of hydrogen-bond acceptors (Lipinski definition) is 9. The molecule has 0 radical (unpaired) electrons. The number of aromatic amines is 1. The summed E-state index contributed by atoms with van der Waals surface area (Å²) in [7, 11) is 0. The highest BCUT2D eigenvalue weighted by Gasteiger charge is 2.65. The predicted molar refractivity (Wildman–Crippen MR) is 269 cm³/mol. The van der Waals surface area contributed by atoms with Crippen molar-refractivity contribution in [2.75, 3.05) is 50.8 Å². The third kappa shape index (κ3) is 8.99. The first-order valence-electron chi connectivity index (χ1n) is 26.5. The second kappa shape index (κ2) is 19.2. The summed E-state index contributed by atoms with van der Waals surface area (Å²) in [6.07, 6.45) is 19.1. The molecular weight excluding hydrogens is 902 g/mol. The number of H-pyrrole nitrogens is 1. The van der Waals surface area contributed by atoms with Gasteiger partial charge < -0.3 is 41.2 Å². The number of ether oxygens (including phenoxy) is 1. The maximum atomic E-state index is 14.1. The molecule has 372 valence electrons. The number of nitrogens with one attached hydrogen (secondary N) is 4. The number of benzene rings is 2. The van der Waals surface area contributed by atoms with Crippen LogP contribution in [0.1, 0.15) is 137 Å². The lowest BCUT2D eigenvalue weighted by molar-refractivity contribution is -0.178. The summed E-state index contributed by atoms with van der Waals surface area (Å²) in [4.78, 5) is 71.8. The molecule has 2 aliphatic heterocycles. The average Bonchev–Trinajstić information content (AvgIpc) is 4.20.